The second kappa shape index (κ2) is 23.9. The van der Waals surface area contributed by atoms with Crippen LogP contribution in [-0.2, 0) is 36.8 Å². The largest absolute Gasteiger partial charge is 1.00 e. The summed E-state index contributed by atoms with van der Waals surface area (Å²) in [5.74, 6) is -6.22. The van der Waals surface area contributed by atoms with Crippen molar-refractivity contribution in [3.05, 3.63) is 0 Å². The molecule has 0 heterocycles. The Kier molecular flexibility index (Phi) is 56.0. The molecule has 0 aromatic carbocycles. The minimum Gasteiger partial charge on any atom is -1.00 e. The fourth-order valence-electron chi connectivity index (χ4n) is 0.673. The second-order valence-corrected chi connectivity index (χ2v) is 2.38. The fourth-order valence-corrected chi connectivity index (χ4v) is 0.673. The van der Waals surface area contributed by atoms with Gasteiger partial charge in [0.1, 0.15) is 0 Å². The normalized spacial score (nSPS) is 7.42. The number of aliphatic carboxylic acids is 3. The molecule has 0 bridgehead atoms. The van der Waals surface area contributed by atoms with Gasteiger partial charge in [0.25, 0.3) is 0 Å². The number of carboxylic acid groups (broad SMARTS) is 3. The zero-order chi connectivity index (χ0) is 10.6. The van der Waals surface area contributed by atoms with E-state index in [4.69, 9.17) is 0 Å². The molecule has 0 amide bonds. The van der Waals surface area contributed by atoms with Crippen molar-refractivity contribution in [1.29, 1.82) is 0 Å². The van der Waals surface area contributed by atoms with Crippen molar-refractivity contribution in [3.63, 3.8) is 0 Å². The van der Waals surface area contributed by atoms with Crippen LogP contribution in [0, 0.1) is 0 Å². The molecule has 0 atom stereocenters. The smallest absolute Gasteiger partial charge is 1.00 e. The molecule has 0 saturated heterocycles. The number of carboxylic acids is 3. The van der Waals surface area contributed by atoms with Crippen LogP contribution in [0.25, 0.3) is 0 Å². The first-order valence-electron chi connectivity index (χ1n) is 3.09. The Labute approximate surface area is 302 Å². The maximum absolute atomic E-state index is 10.9. The SMILES string of the molecule is O=C([O-])CC([O-])(CC(=O)[O-])C(=O)[O-].[Ag+].[Cl-].[K+].[K+].[K+].[K+]. The van der Waals surface area contributed by atoms with Crippen molar-refractivity contribution in [2.24, 2.45) is 0 Å². The Hall–Kier alpha value is 5.95. The molecule has 0 radical (unpaired) electrons. The van der Waals surface area contributed by atoms with Crippen LogP contribution in [0.3, 0.4) is 0 Å². The van der Waals surface area contributed by atoms with Crippen LogP contribution < -0.4 is 238 Å². The van der Waals surface area contributed by atoms with Gasteiger partial charge in [0.05, 0.1) is 0 Å². The van der Waals surface area contributed by atoms with Gasteiger partial charge in [-0.15, -0.1) is 0 Å². The molecule has 0 aromatic heterocycles. The summed E-state index contributed by atoms with van der Waals surface area (Å²) >= 11 is 0. The van der Waals surface area contributed by atoms with Crippen LogP contribution in [0.5, 0.6) is 0 Å². The summed E-state index contributed by atoms with van der Waals surface area (Å²) < 4.78 is 0. The molecule has 0 rings (SSSR count). The molecule has 0 fully saturated rings. The number of hydrogen-bond donors (Lipinski definition) is 0. The summed E-state index contributed by atoms with van der Waals surface area (Å²) in [6.45, 7) is 0. The Morgan fingerprint density at radius 1 is 0.789 bits per heavy atom. The zero-order valence-corrected chi connectivity index (χ0v) is 25.7. The summed E-state index contributed by atoms with van der Waals surface area (Å²) in [4.78, 5) is 29.9. The van der Waals surface area contributed by atoms with Crippen LogP contribution >= 0.6 is 0 Å². The Bertz CT molecular complexity index is 252. The summed E-state index contributed by atoms with van der Waals surface area (Å²) in [6, 6.07) is 0. The molecule has 0 aliphatic rings. The Balaban J connectivity index is -0.0000000480. The van der Waals surface area contributed by atoms with Gasteiger partial charge in [-0.3, -0.25) is 0 Å². The monoisotopic (exact) mass is 486 g/mol. The molecule has 19 heavy (non-hydrogen) atoms. The van der Waals surface area contributed by atoms with E-state index in [1.165, 1.54) is 0 Å². The molecule has 0 saturated carbocycles. The van der Waals surface area contributed by atoms with Crippen LogP contribution in [0.4, 0.5) is 0 Å². The molecular weight excluding hydrogens is 484 g/mol. The van der Waals surface area contributed by atoms with Crippen molar-refractivity contribution >= 4 is 17.9 Å². The van der Waals surface area contributed by atoms with Crippen molar-refractivity contribution < 1.29 is 275 Å². The number of rotatable bonds is 5. The minimum atomic E-state index is -3.22. The average molecular weight is 488 g/mol. The fraction of sp³-hybridized carbons (Fsp3) is 0.500. The first-order valence-corrected chi connectivity index (χ1v) is 3.09. The number of hydrogen-bond acceptors (Lipinski definition) is 7. The molecular formula is C6H4AgClK4O7. The standard InChI is InChI=1S/C6H7O7.Ag.ClH.4K/c7-3(8)1-6(13,5(11)12)2-4(9)10;;;;;;/h1-2H2,(H,7,8)(H,9,10)(H,11,12);;1H;;;;/q-1;+1;;4*+1/p-4. The first-order chi connectivity index (χ1) is 5.78. The van der Waals surface area contributed by atoms with Gasteiger partial charge in [0.2, 0.25) is 0 Å². The maximum Gasteiger partial charge on any atom is 1.00 e. The number of carbonyl (C=O) groups excluding carboxylic acids is 3. The molecule has 13 heteroatoms. The van der Waals surface area contributed by atoms with Gasteiger partial charge in [-0.05, 0) is 12.8 Å². The molecule has 0 unspecified atom stereocenters. The topological polar surface area (TPSA) is 143 Å². The van der Waals surface area contributed by atoms with Crippen LogP contribution in [0.1, 0.15) is 12.8 Å². The van der Waals surface area contributed by atoms with E-state index in [-0.39, 0.29) is 240 Å². The number of halogens is 1. The van der Waals surface area contributed by atoms with E-state index < -0.39 is 36.4 Å². The van der Waals surface area contributed by atoms with Gasteiger partial charge in [-0.2, -0.15) is 0 Å². The molecule has 0 N–H and O–H groups in total. The molecule has 0 spiro atoms. The molecule has 7 nitrogen and oxygen atoms in total. The van der Waals surface area contributed by atoms with E-state index in [1.54, 1.807) is 0 Å². The van der Waals surface area contributed by atoms with E-state index in [0.717, 1.165) is 0 Å². The Morgan fingerprint density at radius 3 is 1.11 bits per heavy atom. The zero-order valence-electron chi connectivity index (χ0n) is 11.0. The summed E-state index contributed by atoms with van der Waals surface area (Å²) in [5, 5.41) is 40.8. The Morgan fingerprint density at radius 2 is 1.00 bits per heavy atom. The van der Waals surface area contributed by atoms with Crippen molar-refractivity contribution in [2.45, 2.75) is 18.4 Å². The molecule has 0 aliphatic carbocycles. The molecule has 0 aromatic rings. The third-order valence-corrected chi connectivity index (χ3v) is 1.23. The maximum atomic E-state index is 10.9. The van der Waals surface area contributed by atoms with Gasteiger partial charge in [-0.1, -0.05) is 5.60 Å². The van der Waals surface area contributed by atoms with E-state index in [2.05, 4.69) is 0 Å². The quantitative estimate of drug-likeness (QED) is 0.350. The van der Waals surface area contributed by atoms with Gasteiger partial charge in [0.15, 0.2) is 0 Å². The predicted octanol–water partition coefficient (Wildman–Crippen LogP) is -20.9. The van der Waals surface area contributed by atoms with E-state index >= 15 is 0 Å². The van der Waals surface area contributed by atoms with Crippen molar-refractivity contribution in [2.75, 3.05) is 0 Å². The third-order valence-electron chi connectivity index (χ3n) is 1.23. The van der Waals surface area contributed by atoms with Gasteiger partial charge >= 0.3 is 228 Å². The summed E-state index contributed by atoms with van der Waals surface area (Å²) in [7, 11) is 0. The second-order valence-electron chi connectivity index (χ2n) is 2.38. The van der Waals surface area contributed by atoms with Gasteiger partial charge in [-0.25, -0.2) is 0 Å². The average Bonchev–Trinajstić information content (AvgIpc) is 1.82. The van der Waals surface area contributed by atoms with E-state index in [0.29, 0.717) is 0 Å². The van der Waals surface area contributed by atoms with Crippen molar-refractivity contribution in [1.82, 2.24) is 0 Å². The minimum absolute atomic E-state index is 0. The van der Waals surface area contributed by atoms with Crippen molar-refractivity contribution in [3.8, 4) is 0 Å². The van der Waals surface area contributed by atoms with Crippen LogP contribution in [0.15, 0.2) is 0 Å². The van der Waals surface area contributed by atoms with Crippen LogP contribution in [0.2, 0.25) is 0 Å². The van der Waals surface area contributed by atoms with E-state index in [9.17, 15) is 34.8 Å². The van der Waals surface area contributed by atoms with E-state index in [1.807, 2.05) is 0 Å². The molecule has 92 valence electrons. The summed E-state index contributed by atoms with van der Waals surface area (Å²) in [5.41, 5.74) is -3.22. The van der Waals surface area contributed by atoms with Gasteiger partial charge in [0, 0.05) is 17.9 Å². The third kappa shape index (κ3) is 23.9. The number of carbonyl (C=O) groups is 3. The van der Waals surface area contributed by atoms with Gasteiger partial charge < -0.3 is 47.2 Å². The molecule has 0 aliphatic heterocycles. The van der Waals surface area contributed by atoms with Crippen LogP contribution in [-0.4, -0.2) is 23.5 Å². The first kappa shape index (κ1) is 44.4. The summed E-state index contributed by atoms with van der Waals surface area (Å²) in [6.07, 6.45) is -2.94. The predicted molar refractivity (Wildman–Crippen MR) is 27.0 cm³/mol.